The molecule has 0 bridgehead atoms. The highest BCUT2D eigenvalue weighted by atomic mass is 16.6. The van der Waals surface area contributed by atoms with E-state index < -0.39 is 0 Å². The van der Waals surface area contributed by atoms with Crippen molar-refractivity contribution >= 4 is 11.6 Å². The number of hydrogen-bond donors (Lipinski definition) is 0. The fraction of sp³-hybridized carbons (Fsp3) is 0.391. The van der Waals surface area contributed by atoms with E-state index in [4.69, 9.17) is 4.84 Å². The van der Waals surface area contributed by atoms with E-state index in [1.807, 2.05) is 36.1 Å². The minimum absolute atomic E-state index is 0.114. The Labute approximate surface area is 160 Å². The topological polar surface area (TPSA) is 41.9 Å². The molecule has 1 unspecified atom stereocenters. The number of nitrogens with zero attached hydrogens (tertiary/aromatic N) is 2. The molecule has 27 heavy (non-hydrogen) atoms. The van der Waals surface area contributed by atoms with Crippen LogP contribution in [0.1, 0.15) is 47.7 Å². The number of oxime groups is 1. The first kappa shape index (κ1) is 17.8. The fourth-order valence-corrected chi connectivity index (χ4v) is 3.97. The molecule has 0 aromatic heterocycles. The van der Waals surface area contributed by atoms with Crippen molar-refractivity contribution < 1.29 is 9.63 Å². The van der Waals surface area contributed by atoms with Gasteiger partial charge in [0.2, 0.25) is 0 Å². The Kier molecular flexibility index (Phi) is 5.23. The van der Waals surface area contributed by atoms with Crippen molar-refractivity contribution in [3.8, 4) is 0 Å². The maximum Gasteiger partial charge on any atom is 0.253 e. The third-order valence-electron chi connectivity index (χ3n) is 5.54. The molecule has 0 radical (unpaired) electrons. The van der Waals surface area contributed by atoms with Gasteiger partial charge in [0, 0.05) is 30.6 Å². The molecule has 0 N–H and O–H groups in total. The molecule has 2 aliphatic rings. The summed E-state index contributed by atoms with van der Waals surface area (Å²) in [7, 11) is 0. The van der Waals surface area contributed by atoms with Gasteiger partial charge in [-0.15, -0.1) is 0 Å². The van der Waals surface area contributed by atoms with Gasteiger partial charge in [0.05, 0.1) is 5.71 Å². The Balaban J connectivity index is 1.37. The molecule has 4 nitrogen and oxygen atoms in total. The lowest BCUT2D eigenvalue weighted by molar-refractivity contribution is 0.0690. The molecule has 2 aromatic rings. The zero-order valence-electron chi connectivity index (χ0n) is 15.8. The molecular formula is C23H26N2O2. The van der Waals surface area contributed by atoms with Crippen molar-refractivity contribution in [1.82, 2.24) is 4.90 Å². The zero-order chi connectivity index (χ0) is 18.6. The Morgan fingerprint density at radius 1 is 1.11 bits per heavy atom. The lowest BCUT2D eigenvalue weighted by Gasteiger charge is -2.32. The number of benzene rings is 2. The number of piperidine rings is 1. The molecule has 1 fully saturated rings. The van der Waals surface area contributed by atoms with Gasteiger partial charge in [0.25, 0.3) is 5.91 Å². The van der Waals surface area contributed by atoms with E-state index in [0.717, 1.165) is 55.6 Å². The van der Waals surface area contributed by atoms with Gasteiger partial charge in [-0.3, -0.25) is 4.79 Å². The molecule has 4 heteroatoms. The van der Waals surface area contributed by atoms with Gasteiger partial charge in [-0.1, -0.05) is 47.6 Å². The molecule has 1 atom stereocenters. The van der Waals surface area contributed by atoms with Gasteiger partial charge in [-0.25, -0.2) is 0 Å². The average Bonchev–Trinajstić information content (AvgIpc) is 3.15. The normalized spacial score (nSPS) is 20.3. The van der Waals surface area contributed by atoms with Gasteiger partial charge in [0.15, 0.2) is 0 Å². The number of rotatable bonds is 4. The first-order valence-corrected chi connectivity index (χ1v) is 9.85. The minimum Gasteiger partial charge on any atom is -0.392 e. The third-order valence-corrected chi connectivity index (χ3v) is 5.54. The van der Waals surface area contributed by atoms with E-state index in [1.165, 1.54) is 5.56 Å². The Morgan fingerprint density at radius 2 is 1.89 bits per heavy atom. The predicted octanol–water partition coefficient (Wildman–Crippen LogP) is 4.29. The van der Waals surface area contributed by atoms with Crippen LogP contribution in [-0.2, 0) is 11.3 Å². The number of hydrogen-bond acceptors (Lipinski definition) is 3. The summed E-state index contributed by atoms with van der Waals surface area (Å²) >= 11 is 0. The molecule has 0 saturated carbocycles. The number of carbonyl (C=O) groups excluding carboxylic acids is 1. The molecule has 2 aromatic carbocycles. The van der Waals surface area contributed by atoms with Crippen LogP contribution in [0, 0.1) is 5.92 Å². The summed E-state index contributed by atoms with van der Waals surface area (Å²) in [5, 5.41) is 4.14. The van der Waals surface area contributed by atoms with E-state index in [2.05, 4.69) is 35.5 Å². The van der Waals surface area contributed by atoms with Crippen molar-refractivity contribution in [2.24, 2.45) is 11.1 Å². The van der Waals surface area contributed by atoms with E-state index >= 15 is 0 Å². The lowest BCUT2D eigenvalue weighted by Crippen LogP contribution is -2.39. The highest BCUT2D eigenvalue weighted by Gasteiger charge is 2.25. The van der Waals surface area contributed by atoms with Crippen molar-refractivity contribution in [2.45, 2.75) is 38.7 Å². The van der Waals surface area contributed by atoms with E-state index in [9.17, 15) is 4.79 Å². The zero-order valence-corrected chi connectivity index (χ0v) is 15.8. The van der Waals surface area contributed by atoms with Crippen LogP contribution in [0.5, 0.6) is 0 Å². The third kappa shape index (κ3) is 4.21. The second-order valence-corrected chi connectivity index (χ2v) is 7.66. The predicted molar refractivity (Wildman–Crippen MR) is 107 cm³/mol. The minimum atomic E-state index is 0.114. The molecule has 0 aliphatic carbocycles. The van der Waals surface area contributed by atoms with Crippen LogP contribution < -0.4 is 0 Å². The first-order chi connectivity index (χ1) is 13.2. The van der Waals surface area contributed by atoms with E-state index in [1.54, 1.807) is 0 Å². The van der Waals surface area contributed by atoms with Crippen LogP contribution in [0.3, 0.4) is 0 Å². The summed E-state index contributed by atoms with van der Waals surface area (Å²) in [5.41, 5.74) is 4.06. The van der Waals surface area contributed by atoms with Crippen molar-refractivity contribution in [1.29, 1.82) is 0 Å². The van der Waals surface area contributed by atoms with Gasteiger partial charge in [-0.2, -0.15) is 0 Å². The molecule has 140 valence electrons. The number of carbonyl (C=O) groups is 1. The van der Waals surface area contributed by atoms with Crippen LogP contribution in [0.4, 0.5) is 0 Å². The summed E-state index contributed by atoms with van der Waals surface area (Å²) in [6, 6.07) is 18.4. The lowest BCUT2D eigenvalue weighted by atomic mass is 9.90. The maximum atomic E-state index is 13.0. The van der Waals surface area contributed by atoms with Gasteiger partial charge < -0.3 is 9.74 Å². The second-order valence-electron chi connectivity index (χ2n) is 7.66. The number of amides is 1. The second kappa shape index (κ2) is 7.95. The monoisotopic (exact) mass is 362 g/mol. The Morgan fingerprint density at radius 3 is 2.59 bits per heavy atom. The van der Waals surface area contributed by atoms with Crippen LogP contribution in [-0.4, -0.2) is 35.7 Å². The Hall–Kier alpha value is -2.62. The first-order valence-electron chi connectivity index (χ1n) is 9.85. The number of likely N-dealkylation sites (tertiary alicyclic amines) is 1. The smallest absolute Gasteiger partial charge is 0.253 e. The molecular weight excluding hydrogens is 336 g/mol. The molecule has 2 heterocycles. The summed E-state index contributed by atoms with van der Waals surface area (Å²) in [6.45, 7) is 3.68. The molecule has 1 amide bonds. The van der Waals surface area contributed by atoms with Crippen molar-refractivity contribution in [2.75, 3.05) is 13.1 Å². The van der Waals surface area contributed by atoms with Gasteiger partial charge in [-0.05, 0) is 49.8 Å². The van der Waals surface area contributed by atoms with Crippen LogP contribution in [0.25, 0.3) is 0 Å². The fourth-order valence-electron chi connectivity index (χ4n) is 3.97. The summed E-state index contributed by atoms with van der Waals surface area (Å²) in [5.74, 6) is 0.789. The van der Waals surface area contributed by atoms with Gasteiger partial charge in [0.1, 0.15) is 6.10 Å². The van der Waals surface area contributed by atoms with Gasteiger partial charge >= 0.3 is 0 Å². The average molecular weight is 362 g/mol. The molecule has 0 spiro atoms. The molecule has 2 aliphatic heterocycles. The van der Waals surface area contributed by atoms with E-state index in [-0.39, 0.29) is 12.0 Å². The summed E-state index contributed by atoms with van der Waals surface area (Å²) in [6.07, 6.45) is 4.15. The van der Waals surface area contributed by atoms with E-state index in [0.29, 0.717) is 5.92 Å². The van der Waals surface area contributed by atoms with Crippen molar-refractivity contribution in [3.63, 3.8) is 0 Å². The maximum absolute atomic E-state index is 13.0. The Bertz CT molecular complexity index is 823. The summed E-state index contributed by atoms with van der Waals surface area (Å²) in [4.78, 5) is 20.2. The quantitative estimate of drug-likeness (QED) is 0.814. The van der Waals surface area contributed by atoms with Crippen molar-refractivity contribution in [3.05, 3.63) is 71.3 Å². The standard InChI is InChI=1S/C23H26N2O2/c1-17-14-22(24-27-17)20-8-5-9-21(16-20)23(26)25-12-10-19(11-13-25)15-18-6-3-2-4-7-18/h2-9,16-17,19H,10-15H2,1H3. The largest absolute Gasteiger partial charge is 0.392 e. The van der Waals surface area contributed by atoms with Crippen LogP contribution in [0.15, 0.2) is 59.8 Å². The highest BCUT2D eigenvalue weighted by molar-refractivity contribution is 6.03. The molecule has 4 rings (SSSR count). The molecule has 1 saturated heterocycles. The highest BCUT2D eigenvalue weighted by Crippen LogP contribution is 2.24. The van der Waals surface area contributed by atoms with Crippen LogP contribution >= 0.6 is 0 Å². The van der Waals surface area contributed by atoms with Crippen LogP contribution in [0.2, 0.25) is 0 Å². The SMILES string of the molecule is CC1CC(c2cccc(C(=O)N3CCC(Cc4ccccc4)CC3)c2)=NO1. The summed E-state index contributed by atoms with van der Waals surface area (Å²) < 4.78 is 0.